The van der Waals surface area contributed by atoms with Crippen molar-refractivity contribution in [3.05, 3.63) is 63.8 Å². The summed E-state index contributed by atoms with van der Waals surface area (Å²) in [6, 6.07) is 7.41. The number of nitrogens with one attached hydrogen (secondary N) is 2. The topological polar surface area (TPSA) is 59.0 Å². The molecule has 0 unspecified atom stereocenters. The average Bonchev–Trinajstić information content (AvgIpc) is 3.05. The molecule has 0 fully saturated rings. The van der Waals surface area contributed by atoms with Gasteiger partial charge in [0.25, 0.3) is 0 Å². The van der Waals surface area contributed by atoms with Crippen molar-refractivity contribution in [3.63, 3.8) is 0 Å². The van der Waals surface area contributed by atoms with Crippen molar-refractivity contribution in [1.82, 2.24) is 9.78 Å². The van der Waals surface area contributed by atoms with Crippen LogP contribution in [0.4, 0.5) is 29.3 Å². The fourth-order valence-electron chi connectivity index (χ4n) is 3.02. The van der Waals surface area contributed by atoms with E-state index in [1.807, 2.05) is 26.8 Å². The first-order valence-electron chi connectivity index (χ1n) is 9.26. The van der Waals surface area contributed by atoms with Gasteiger partial charge in [0.15, 0.2) is 0 Å². The number of anilines is 2. The molecule has 2 amide bonds. The lowest BCUT2D eigenvalue weighted by Gasteiger charge is -2.15. The zero-order valence-corrected chi connectivity index (χ0v) is 18.3. The normalized spacial score (nSPS) is 11.6. The Hall–Kier alpha value is -2.71. The van der Waals surface area contributed by atoms with Gasteiger partial charge in [0.2, 0.25) is 0 Å². The van der Waals surface area contributed by atoms with Crippen LogP contribution in [0.3, 0.4) is 0 Å². The van der Waals surface area contributed by atoms with E-state index < -0.39 is 17.8 Å². The van der Waals surface area contributed by atoms with Crippen LogP contribution in [0.1, 0.15) is 31.0 Å². The summed E-state index contributed by atoms with van der Waals surface area (Å²) < 4.78 is 40.1. The highest BCUT2D eigenvalue weighted by molar-refractivity contribution is 6.34. The minimum Gasteiger partial charge on any atom is -0.308 e. The Kier molecular flexibility index (Phi) is 6.52. The van der Waals surface area contributed by atoms with E-state index in [1.54, 1.807) is 23.0 Å². The molecule has 0 spiro atoms. The van der Waals surface area contributed by atoms with Gasteiger partial charge in [0.05, 0.1) is 33.2 Å². The van der Waals surface area contributed by atoms with Gasteiger partial charge in [-0.05, 0) is 56.7 Å². The van der Waals surface area contributed by atoms with Crippen LogP contribution in [0.25, 0.3) is 11.3 Å². The second-order valence-electron chi connectivity index (χ2n) is 7.18. The van der Waals surface area contributed by atoms with E-state index in [4.69, 9.17) is 23.2 Å². The van der Waals surface area contributed by atoms with Gasteiger partial charge in [-0.1, -0.05) is 29.3 Å². The Morgan fingerprint density at radius 2 is 1.77 bits per heavy atom. The highest BCUT2D eigenvalue weighted by Gasteiger charge is 2.31. The molecule has 5 nitrogen and oxygen atoms in total. The van der Waals surface area contributed by atoms with Crippen LogP contribution in [-0.4, -0.2) is 15.8 Å². The van der Waals surface area contributed by atoms with Crippen molar-refractivity contribution >= 4 is 40.6 Å². The summed E-state index contributed by atoms with van der Waals surface area (Å²) in [6.45, 7) is 5.87. The van der Waals surface area contributed by atoms with Crippen LogP contribution in [0.2, 0.25) is 10.0 Å². The number of hydrogen-bond donors (Lipinski definition) is 2. The number of halogens is 5. The number of urea groups is 1. The molecular weight excluding hydrogens is 452 g/mol. The Bertz CT molecular complexity index is 1130. The van der Waals surface area contributed by atoms with E-state index in [0.29, 0.717) is 10.7 Å². The quantitative estimate of drug-likeness (QED) is 0.416. The van der Waals surface area contributed by atoms with Crippen LogP contribution >= 0.6 is 23.2 Å². The lowest BCUT2D eigenvalue weighted by molar-refractivity contribution is -0.137. The van der Waals surface area contributed by atoms with Gasteiger partial charge in [0.1, 0.15) is 0 Å². The maximum atomic E-state index is 12.8. The summed E-state index contributed by atoms with van der Waals surface area (Å²) in [5.74, 6) is 0. The minimum absolute atomic E-state index is 0.0560. The molecule has 2 aromatic carbocycles. The number of alkyl halides is 3. The van der Waals surface area contributed by atoms with E-state index in [-0.39, 0.29) is 16.8 Å². The van der Waals surface area contributed by atoms with Gasteiger partial charge >= 0.3 is 12.2 Å². The zero-order chi connectivity index (χ0) is 22.9. The lowest BCUT2D eigenvalue weighted by Crippen LogP contribution is -2.20. The van der Waals surface area contributed by atoms with E-state index in [1.165, 1.54) is 0 Å². The van der Waals surface area contributed by atoms with Crippen molar-refractivity contribution in [2.45, 2.75) is 33.0 Å². The third-order valence-corrected chi connectivity index (χ3v) is 5.12. The monoisotopic (exact) mass is 470 g/mol. The van der Waals surface area contributed by atoms with Gasteiger partial charge < -0.3 is 10.6 Å². The first-order chi connectivity index (χ1) is 14.5. The zero-order valence-electron chi connectivity index (χ0n) is 16.8. The molecule has 31 heavy (non-hydrogen) atoms. The summed E-state index contributed by atoms with van der Waals surface area (Å²) in [6.07, 6.45) is -2.96. The highest BCUT2D eigenvalue weighted by atomic mass is 35.5. The maximum Gasteiger partial charge on any atom is 0.416 e. The summed E-state index contributed by atoms with van der Waals surface area (Å²) >= 11 is 12.2. The van der Waals surface area contributed by atoms with Crippen LogP contribution in [-0.2, 0) is 6.18 Å². The molecule has 0 saturated carbocycles. The first-order valence-corrected chi connectivity index (χ1v) is 10.0. The van der Waals surface area contributed by atoms with E-state index in [2.05, 4.69) is 15.7 Å². The molecule has 0 aliphatic rings. The SMILES string of the molecule is Cc1ccc(NC(=O)Nc2ccc(C(F)(F)F)cc2Cl)cc1-c1c(Cl)cnn1C(C)C. The average molecular weight is 471 g/mol. The molecule has 3 rings (SSSR count). The van der Waals surface area contributed by atoms with Crippen LogP contribution < -0.4 is 10.6 Å². The number of aryl methyl sites for hydroxylation is 1. The number of carbonyl (C=O) groups is 1. The van der Waals surface area contributed by atoms with Crippen molar-refractivity contribution in [3.8, 4) is 11.3 Å². The van der Waals surface area contributed by atoms with Gasteiger partial charge in [-0.3, -0.25) is 4.68 Å². The number of amides is 2. The summed E-state index contributed by atoms with van der Waals surface area (Å²) in [5, 5.41) is 9.68. The van der Waals surface area contributed by atoms with Crippen molar-refractivity contribution < 1.29 is 18.0 Å². The third kappa shape index (κ3) is 5.14. The number of carbonyl (C=O) groups excluding carboxylic acids is 1. The van der Waals surface area contributed by atoms with Crippen LogP contribution in [0.15, 0.2) is 42.6 Å². The molecular formula is C21H19Cl2F3N4O. The second-order valence-corrected chi connectivity index (χ2v) is 8.00. The summed E-state index contributed by atoms with van der Waals surface area (Å²) in [5.41, 5.74) is 2.08. The molecule has 1 aromatic heterocycles. The number of aromatic nitrogens is 2. The molecule has 164 valence electrons. The van der Waals surface area contributed by atoms with Gasteiger partial charge in [0, 0.05) is 17.3 Å². The second kappa shape index (κ2) is 8.80. The van der Waals surface area contributed by atoms with E-state index in [0.717, 1.165) is 35.0 Å². The molecule has 0 radical (unpaired) electrons. The van der Waals surface area contributed by atoms with Gasteiger partial charge in [-0.15, -0.1) is 0 Å². The summed E-state index contributed by atoms with van der Waals surface area (Å²) in [4.78, 5) is 12.4. The summed E-state index contributed by atoms with van der Waals surface area (Å²) in [7, 11) is 0. The van der Waals surface area contributed by atoms with Crippen molar-refractivity contribution in [2.24, 2.45) is 0 Å². The molecule has 0 atom stereocenters. The Morgan fingerprint density at radius 1 is 1.06 bits per heavy atom. The number of benzene rings is 2. The Morgan fingerprint density at radius 3 is 2.39 bits per heavy atom. The minimum atomic E-state index is -4.52. The van der Waals surface area contributed by atoms with Crippen molar-refractivity contribution in [1.29, 1.82) is 0 Å². The molecule has 0 saturated heterocycles. The molecule has 0 aliphatic heterocycles. The molecule has 0 bridgehead atoms. The fourth-order valence-corrected chi connectivity index (χ4v) is 3.48. The van der Waals surface area contributed by atoms with Crippen LogP contribution in [0, 0.1) is 6.92 Å². The van der Waals surface area contributed by atoms with Crippen molar-refractivity contribution in [2.75, 3.05) is 10.6 Å². The largest absolute Gasteiger partial charge is 0.416 e. The van der Waals surface area contributed by atoms with Gasteiger partial charge in [-0.2, -0.15) is 18.3 Å². The third-order valence-electron chi connectivity index (χ3n) is 4.54. The molecule has 0 aliphatic carbocycles. The first kappa shape index (κ1) is 23.0. The van der Waals surface area contributed by atoms with E-state index in [9.17, 15) is 18.0 Å². The van der Waals surface area contributed by atoms with Crippen LogP contribution in [0.5, 0.6) is 0 Å². The lowest BCUT2D eigenvalue weighted by atomic mass is 10.0. The molecule has 1 heterocycles. The number of hydrogen-bond acceptors (Lipinski definition) is 2. The maximum absolute atomic E-state index is 12.8. The molecule has 3 aromatic rings. The Labute approximate surface area is 187 Å². The smallest absolute Gasteiger partial charge is 0.308 e. The number of nitrogens with zero attached hydrogens (tertiary/aromatic N) is 2. The van der Waals surface area contributed by atoms with Gasteiger partial charge in [-0.25, -0.2) is 4.79 Å². The standard InChI is InChI=1S/C21H19Cl2F3N4O/c1-11(2)30-19(17(23)10-27-30)15-9-14(6-4-12(15)3)28-20(31)29-18-7-5-13(8-16(18)22)21(24,25)26/h4-11H,1-3H3,(H2,28,29,31). The number of rotatable bonds is 4. The predicted molar refractivity (Wildman–Crippen MR) is 117 cm³/mol. The predicted octanol–water partition coefficient (Wildman–Crippen LogP) is 7.41. The molecule has 2 N–H and O–H groups in total. The van der Waals surface area contributed by atoms with E-state index >= 15 is 0 Å². The Balaban J connectivity index is 1.82. The molecule has 10 heteroatoms. The highest BCUT2D eigenvalue weighted by Crippen LogP contribution is 2.35. The fraction of sp³-hybridized carbons (Fsp3) is 0.238.